The quantitative estimate of drug-likeness (QED) is 0.0528. The number of benzene rings is 3. The van der Waals surface area contributed by atoms with Crippen LogP contribution in [0.1, 0.15) is 100 Å². The number of aliphatic hydroxyl groups is 1. The third kappa shape index (κ3) is 12.2. The number of likely N-dealkylation sites (tertiary alicyclic amines) is 1. The highest BCUT2D eigenvalue weighted by molar-refractivity contribution is 7.13. The zero-order valence-electron chi connectivity index (χ0n) is 34.1. The number of hydrogen-bond acceptors (Lipinski definition) is 9. The molecule has 5 rings (SSSR count). The molecular weight excluding hydrogens is 774 g/mol. The number of aryl methyl sites for hydroxylation is 1. The fourth-order valence-electron chi connectivity index (χ4n) is 6.94. The number of aliphatic hydroxyl groups excluding tert-OH is 1. The van der Waals surface area contributed by atoms with Crippen LogP contribution in [0.2, 0.25) is 0 Å². The van der Waals surface area contributed by atoms with Crippen molar-refractivity contribution in [1.82, 2.24) is 20.5 Å². The molecule has 1 aliphatic rings. The Bertz CT molecular complexity index is 2120. The van der Waals surface area contributed by atoms with Gasteiger partial charge in [0.1, 0.15) is 17.9 Å². The number of thiazole rings is 1. The number of nitrogens with one attached hydrogen (secondary N) is 4. The van der Waals surface area contributed by atoms with Crippen molar-refractivity contribution in [1.29, 1.82) is 0 Å². The first-order valence-electron chi connectivity index (χ1n) is 19.8. The Morgan fingerprint density at radius 2 is 1.58 bits per heavy atom. The number of hydrogen-bond donors (Lipinski definition) is 6. The highest BCUT2D eigenvalue weighted by Crippen LogP contribution is 2.30. The van der Waals surface area contributed by atoms with Crippen LogP contribution in [0.5, 0.6) is 0 Å². The first-order chi connectivity index (χ1) is 28.0. The number of unbranched alkanes of at least 4 members (excludes halogenated alkanes) is 3. The summed E-state index contributed by atoms with van der Waals surface area (Å²) < 4.78 is 13.3. The molecule has 0 aliphatic carbocycles. The number of amides is 5. The Kier molecular flexibility index (Phi) is 15.0. The van der Waals surface area contributed by atoms with Gasteiger partial charge in [-0.05, 0) is 85.7 Å². The fraction of sp³-hybridized carbons (Fsp3) is 0.409. The lowest BCUT2D eigenvalue weighted by molar-refractivity contribution is -0.144. The minimum atomic E-state index is -0.920. The maximum atomic E-state index is 14.0. The molecule has 1 fully saturated rings. The van der Waals surface area contributed by atoms with E-state index in [4.69, 9.17) is 5.73 Å². The van der Waals surface area contributed by atoms with Crippen LogP contribution in [0, 0.1) is 18.2 Å². The summed E-state index contributed by atoms with van der Waals surface area (Å²) in [7, 11) is 0. The average Bonchev–Trinajstić information content (AvgIpc) is 3.81. The summed E-state index contributed by atoms with van der Waals surface area (Å²) in [5.41, 5.74) is 11.1. The third-order valence-electron chi connectivity index (χ3n) is 10.3. The second kappa shape index (κ2) is 19.9. The highest BCUT2D eigenvalue weighted by atomic mass is 32.1. The molecular formula is C44H54FN7O6S. The molecule has 4 aromatic rings. The van der Waals surface area contributed by atoms with Gasteiger partial charge in [0.15, 0.2) is 0 Å². The number of nitrogens with two attached hydrogens (primary N) is 1. The highest BCUT2D eigenvalue weighted by Gasteiger charge is 2.44. The van der Waals surface area contributed by atoms with Crippen molar-refractivity contribution in [2.24, 2.45) is 5.41 Å². The first-order valence-corrected chi connectivity index (χ1v) is 20.7. The first kappa shape index (κ1) is 44.4. The lowest BCUT2D eigenvalue weighted by Gasteiger charge is -2.35. The van der Waals surface area contributed by atoms with Crippen LogP contribution in [0.4, 0.5) is 21.5 Å². The zero-order valence-corrected chi connectivity index (χ0v) is 35.0. The molecule has 59 heavy (non-hydrogen) atoms. The van der Waals surface area contributed by atoms with Gasteiger partial charge in [-0.15, -0.1) is 11.3 Å². The molecule has 15 heteroatoms. The molecule has 1 aromatic heterocycles. The van der Waals surface area contributed by atoms with Crippen LogP contribution in [0.3, 0.4) is 0 Å². The smallest absolute Gasteiger partial charge is 0.255 e. The summed E-state index contributed by atoms with van der Waals surface area (Å²) in [5, 5.41) is 22.0. The lowest BCUT2D eigenvalue weighted by atomic mass is 9.85. The number of nitrogens with zero attached hydrogens (tertiary/aromatic N) is 2. The van der Waals surface area contributed by atoms with E-state index in [2.05, 4.69) is 26.3 Å². The Balaban J connectivity index is 1.04. The number of rotatable bonds is 16. The van der Waals surface area contributed by atoms with E-state index in [1.54, 1.807) is 35.6 Å². The fourth-order valence-corrected chi connectivity index (χ4v) is 7.76. The second-order valence-electron chi connectivity index (χ2n) is 16.1. The van der Waals surface area contributed by atoms with Gasteiger partial charge in [-0.2, -0.15) is 0 Å². The average molecular weight is 828 g/mol. The number of carbonyl (C=O) groups excluding carboxylic acids is 5. The largest absolute Gasteiger partial charge is 0.397 e. The summed E-state index contributed by atoms with van der Waals surface area (Å²) >= 11 is 1.57. The van der Waals surface area contributed by atoms with Crippen molar-refractivity contribution in [3.05, 3.63) is 94.9 Å². The third-order valence-corrected chi connectivity index (χ3v) is 11.3. The number of halogens is 1. The number of carbonyl (C=O) groups is 5. The Morgan fingerprint density at radius 1 is 0.915 bits per heavy atom. The van der Waals surface area contributed by atoms with E-state index < -0.39 is 41.2 Å². The minimum Gasteiger partial charge on any atom is -0.397 e. The van der Waals surface area contributed by atoms with Gasteiger partial charge >= 0.3 is 0 Å². The topological polar surface area (TPSA) is 196 Å². The molecule has 0 radical (unpaired) electrons. The summed E-state index contributed by atoms with van der Waals surface area (Å²) in [6.07, 6.45) is 2.25. The number of anilines is 3. The normalized spacial score (nSPS) is 16.2. The molecule has 4 atom stereocenters. The molecule has 0 bridgehead atoms. The Morgan fingerprint density at radius 3 is 2.19 bits per heavy atom. The SMILES string of the molecule is Cc1ncsc1-c1ccc([C@H](C)NC(=O)[C@@H]2C[C@@H](O)CN2C(=O)[C@@H](NC(=O)CCCCCCC(=O)Nc2ccc(C(=O)Nc3ccc(F)cc3N)cc2)C(C)(C)C)cc1. The van der Waals surface area contributed by atoms with Gasteiger partial charge in [0.2, 0.25) is 23.6 Å². The van der Waals surface area contributed by atoms with Crippen LogP contribution in [0.25, 0.3) is 10.4 Å². The number of β-amino-alcohol motifs (C(OH)–C–C–N with tert-alkyl or cyclic N) is 1. The van der Waals surface area contributed by atoms with E-state index in [1.165, 1.54) is 17.0 Å². The van der Waals surface area contributed by atoms with Gasteiger partial charge < -0.3 is 37.0 Å². The van der Waals surface area contributed by atoms with Gasteiger partial charge in [-0.25, -0.2) is 9.37 Å². The van der Waals surface area contributed by atoms with E-state index in [0.29, 0.717) is 42.6 Å². The van der Waals surface area contributed by atoms with Crippen molar-refractivity contribution in [3.8, 4) is 10.4 Å². The molecule has 0 unspecified atom stereocenters. The summed E-state index contributed by atoms with van der Waals surface area (Å²) in [6, 6.07) is 15.8. The van der Waals surface area contributed by atoms with Crippen LogP contribution >= 0.6 is 11.3 Å². The summed E-state index contributed by atoms with van der Waals surface area (Å²) in [5.74, 6) is -2.20. The Hall–Kier alpha value is -5.67. The lowest BCUT2D eigenvalue weighted by Crippen LogP contribution is -2.57. The number of aromatic nitrogens is 1. The summed E-state index contributed by atoms with van der Waals surface area (Å²) in [4.78, 5) is 72.6. The van der Waals surface area contributed by atoms with Gasteiger partial charge in [0.25, 0.3) is 5.91 Å². The monoisotopic (exact) mass is 827 g/mol. The van der Waals surface area contributed by atoms with E-state index in [1.807, 2.05) is 64.4 Å². The number of nitrogen functional groups attached to an aromatic ring is 1. The molecule has 5 amide bonds. The van der Waals surface area contributed by atoms with Crippen LogP contribution in [-0.4, -0.2) is 69.3 Å². The summed E-state index contributed by atoms with van der Waals surface area (Å²) in [6.45, 7) is 9.36. The van der Waals surface area contributed by atoms with Gasteiger partial charge in [0.05, 0.1) is 39.6 Å². The van der Waals surface area contributed by atoms with E-state index in [-0.39, 0.29) is 55.3 Å². The van der Waals surface area contributed by atoms with Crippen LogP contribution in [0.15, 0.2) is 72.2 Å². The molecule has 3 aromatic carbocycles. The molecule has 0 saturated carbocycles. The minimum absolute atomic E-state index is 0.0124. The van der Waals surface area contributed by atoms with E-state index in [9.17, 15) is 33.5 Å². The molecule has 0 spiro atoms. The van der Waals surface area contributed by atoms with Crippen LogP contribution < -0.4 is 27.0 Å². The van der Waals surface area contributed by atoms with E-state index in [0.717, 1.165) is 27.8 Å². The van der Waals surface area contributed by atoms with Gasteiger partial charge in [0, 0.05) is 37.1 Å². The standard InChI is InChI=1S/C44H54FN7O6S/c1-26(28-12-14-29(15-13-28)39-27(2)47-25-59-39)48-42(57)36-23-33(53)24-52(36)43(58)40(44(3,4)5)51-38(55)11-9-7-6-8-10-37(54)49-32-19-16-30(17-20-32)41(56)50-35-21-18-31(45)22-34(35)46/h12-22,25-26,33,36,40,53H,6-11,23-24,46H2,1-5H3,(H,48,57)(H,49,54)(H,50,56)(H,51,55)/t26-,33+,36-,40+/m0/s1. The van der Waals surface area contributed by atoms with Crippen molar-refractivity contribution in [3.63, 3.8) is 0 Å². The second-order valence-corrected chi connectivity index (χ2v) is 17.0. The van der Waals surface area contributed by atoms with Crippen molar-refractivity contribution >= 4 is 57.9 Å². The van der Waals surface area contributed by atoms with Gasteiger partial charge in [-0.3, -0.25) is 24.0 Å². The molecule has 2 heterocycles. The maximum absolute atomic E-state index is 14.0. The molecule has 7 N–H and O–H groups in total. The predicted molar refractivity (Wildman–Crippen MR) is 228 cm³/mol. The van der Waals surface area contributed by atoms with E-state index >= 15 is 0 Å². The van der Waals surface area contributed by atoms with Crippen LogP contribution in [-0.2, 0) is 19.2 Å². The molecule has 13 nitrogen and oxygen atoms in total. The van der Waals surface area contributed by atoms with Crippen molar-refractivity contribution < 1.29 is 33.5 Å². The molecule has 314 valence electrons. The van der Waals surface area contributed by atoms with Crippen molar-refractivity contribution in [2.45, 2.75) is 104 Å². The maximum Gasteiger partial charge on any atom is 0.255 e. The van der Waals surface area contributed by atoms with Crippen molar-refractivity contribution in [2.75, 3.05) is 22.9 Å². The Labute approximate surface area is 348 Å². The molecule has 1 saturated heterocycles. The predicted octanol–water partition coefficient (Wildman–Crippen LogP) is 6.74. The molecule has 1 aliphatic heterocycles. The van der Waals surface area contributed by atoms with Gasteiger partial charge in [-0.1, -0.05) is 57.9 Å². The zero-order chi connectivity index (χ0) is 42.9.